The summed E-state index contributed by atoms with van der Waals surface area (Å²) in [4.78, 5) is 0. The molecule has 0 aromatic rings. The number of halogens is 2. The van der Waals surface area contributed by atoms with Crippen molar-refractivity contribution in [3.05, 3.63) is 12.7 Å². The molecule has 0 heterocycles. The maximum atomic E-state index is 5.34. The molecule has 0 aromatic heterocycles. The van der Waals surface area contributed by atoms with Crippen LogP contribution < -0.4 is 11.5 Å². The molecule has 2 nitrogen and oxygen atoms in total. The first-order valence-electron chi connectivity index (χ1n) is 3.10. The Kier molecular flexibility index (Phi) is 17.8. The first-order valence-corrected chi connectivity index (χ1v) is 8.73. The van der Waals surface area contributed by atoms with E-state index < -0.39 is 16.5 Å². The molecule has 0 atom stereocenters. The van der Waals surface area contributed by atoms with Crippen molar-refractivity contribution in [3.63, 3.8) is 0 Å². The molecule has 0 saturated carbocycles. The van der Waals surface area contributed by atoms with E-state index in [4.69, 9.17) is 30.3 Å². The van der Waals surface area contributed by atoms with Crippen LogP contribution in [0.4, 0.5) is 0 Å². The molecule has 0 aliphatic carbocycles. The van der Waals surface area contributed by atoms with Crippen LogP contribution in [0.3, 0.4) is 0 Å². The van der Waals surface area contributed by atoms with E-state index in [0.717, 1.165) is 6.42 Å². The number of nitrogens with two attached hydrogens (primary N) is 2. The number of hydrogen-bond acceptors (Lipinski definition) is 2. The van der Waals surface area contributed by atoms with Gasteiger partial charge in [0.25, 0.3) is 0 Å². The summed E-state index contributed by atoms with van der Waals surface area (Å²) in [6.07, 6.45) is 2.79. The Hall–Kier alpha value is 0.928. The minimum absolute atomic E-state index is 0.437. The number of hydrogen-bond donors (Lipinski definition) is 2. The molecular formula is C6H14Cl2N2Pt. The van der Waals surface area contributed by atoms with Crippen molar-refractivity contribution in [2.24, 2.45) is 17.4 Å². The van der Waals surface area contributed by atoms with Gasteiger partial charge in [-0.2, -0.15) is 0 Å². The van der Waals surface area contributed by atoms with Crippen molar-refractivity contribution in [1.29, 1.82) is 0 Å². The summed E-state index contributed by atoms with van der Waals surface area (Å²) >= 11 is -0.472. The van der Waals surface area contributed by atoms with Crippen LogP contribution in [0.2, 0.25) is 0 Å². The molecule has 0 bridgehead atoms. The standard InChI is InChI=1S/C6H14N2.2ClH.Pt/c1-2-3-6(4-7)5-8;;;/h2,6H,1,3-5,7-8H2;2*1H;/q;;;+2/p-2. The molecule has 0 spiro atoms. The maximum absolute atomic E-state index is 5.34. The predicted octanol–water partition coefficient (Wildman–Crippen LogP) is 1.47. The molecule has 0 radical (unpaired) electrons. The summed E-state index contributed by atoms with van der Waals surface area (Å²) < 4.78 is 0. The van der Waals surface area contributed by atoms with Gasteiger partial charge >= 0.3 is 35.3 Å². The van der Waals surface area contributed by atoms with E-state index in [9.17, 15) is 0 Å². The minimum atomic E-state index is -0.472. The molecule has 0 unspecified atom stereocenters. The molecule has 0 rings (SSSR count). The van der Waals surface area contributed by atoms with Gasteiger partial charge in [-0.15, -0.1) is 6.58 Å². The van der Waals surface area contributed by atoms with E-state index in [2.05, 4.69) is 6.58 Å². The third-order valence-corrected chi connectivity index (χ3v) is 1.17. The zero-order valence-corrected chi connectivity index (χ0v) is 9.99. The van der Waals surface area contributed by atoms with Crippen molar-refractivity contribution < 1.29 is 16.5 Å². The van der Waals surface area contributed by atoms with Crippen molar-refractivity contribution >= 4 is 18.8 Å². The van der Waals surface area contributed by atoms with E-state index in [0.29, 0.717) is 19.0 Å². The van der Waals surface area contributed by atoms with Gasteiger partial charge in [0.2, 0.25) is 0 Å². The van der Waals surface area contributed by atoms with Crippen LogP contribution >= 0.6 is 18.8 Å². The van der Waals surface area contributed by atoms with Gasteiger partial charge in [-0.3, -0.25) is 0 Å². The Morgan fingerprint density at radius 1 is 1.36 bits per heavy atom. The zero-order chi connectivity index (χ0) is 9.11. The topological polar surface area (TPSA) is 52.0 Å². The van der Waals surface area contributed by atoms with E-state index in [-0.39, 0.29) is 0 Å². The fourth-order valence-corrected chi connectivity index (χ4v) is 0.524. The first kappa shape index (κ1) is 14.5. The van der Waals surface area contributed by atoms with Gasteiger partial charge in [0.1, 0.15) is 0 Å². The van der Waals surface area contributed by atoms with Crippen molar-refractivity contribution in [2.75, 3.05) is 13.1 Å². The Balaban J connectivity index is 0. The summed E-state index contributed by atoms with van der Waals surface area (Å²) in [6, 6.07) is 0. The van der Waals surface area contributed by atoms with E-state index in [1.165, 1.54) is 0 Å². The van der Waals surface area contributed by atoms with E-state index in [1.54, 1.807) is 0 Å². The quantitative estimate of drug-likeness (QED) is 0.726. The third kappa shape index (κ3) is 13.9. The van der Waals surface area contributed by atoms with Gasteiger partial charge in [-0.25, -0.2) is 0 Å². The summed E-state index contributed by atoms with van der Waals surface area (Å²) in [5.74, 6) is 0.437. The molecule has 0 amide bonds. The second kappa shape index (κ2) is 13.5. The number of rotatable bonds is 4. The molecule has 0 fully saturated rings. The molecule has 0 aliphatic heterocycles. The van der Waals surface area contributed by atoms with Crippen LogP contribution in [0.5, 0.6) is 0 Å². The van der Waals surface area contributed by atoms with Gasteiger partial charge in [0.15, 0.2) is 0 Å². The molecule has 11 heavy (non-hydrogen) atoms. The predicted molar refractivity (Wildman–Crippen MR) is 48.1 cm³/mol. The van der Waals surface area contributed by atoms with Crippen LogP contribution in [-0.4, -0.2) is 13.1 Å². The fourth-order valence-electron chi connectivity index (χ4n) is 0.524. The van der Waals surface area contributed by atoms with Crippen molar-refractivity contribution in [1.82, 2.24) is 0 Å². The van der Waals surface area contributed by atoms with Crippen LogP contribution in [0, 0.1) is 5.92 Å². The number of allylic oxidation sites excluding steroid dienone is 1. The normalized spacial score (nSPS) is 9.18. The monoisotopic (exact) mass is 379 g/mol. The average Bonchev–Trinajstić information content (AvgIpc) is 2.02. The van der Waals surface area contributed by atoms with Gasteiger partial charge in [-0.1, -0.05) is 6.08 Å². The Labute approximate surface area is 84.7 Å². The zero-order valence-electron chi connectivity index (χ0n) is 6.21. The SMILES string of the molecule is C=CCC(CN)CN.[Cl][Pt][Cl]. The summed E-state index contributed by atoms with van der Waals surface area (Å²) in [7, 11) is 9.75. The van der Waals surface area contributed by atoms with Crippen LogP contribution in [-0.2, 0) is 16.5 Å². The van der Waals surface area contributed by atoms with E-state index in [1.807, 2.05) is 6.08 Å². The molecular weight excluding hydrogens is 366 g/mol. The van der Waals surface area contributed by atoms with Crippen LogP contribution in [0.25, 0.3) is 0 Å². The van der Waals surface area contributed by atoms with Crippen LogP contribution in [0.15, 0.2) is 12.7 Å². The second-order valence-electron chi connectivity index (χ2n) is 1.91. The molecule has 0 aliphatic rings. The molecule has 72 valence electrons. The molecule has 0 aromatic carbocycles. The van der Waals surface area contributed by atoms with Crippen LogP contribution in [0.1, 0.15) is 6.42 Å². The van der Waals surface area contributed by atoms with Gasteiger partial charge in [-0.05, 0) is 25.4 Å². The fraction of sp³-hybridized carbons (Fsp3) is 0.667. The third-order valence-electron chi connectivity index (χ3n) is 1.17. The Bertz CT molecular complexity index is 79.0. The Morgan fingerprint density at radius 2 is 1.73 bits per heavy atom. The summed E-state index contributed by atoms with van der Waals surface area (Å²) in [5, 5.41) is 0. The molecule has 0 saturated heterocycles. The second-order valence-corrected chi connectivity index (χ2v) is 5.19. The van der Waals surface area contributed by atoms with Crippen molar-refractivity contribution in [3.8, 4) is 0 Å². The first-order chi connectivity index (χ1) is 5.26. The summed E-state index contributed by atoms with van der Waals surface area (Å²) in [6.45, 7) is 4.92. The molecule has 5 heteroatoms. The van der Waals surface area contributed by atoms with Crippen molar-refractivity contribution in [2.45, 2.75) is 6.42 Å². The van der Waals surface area contributed by atoms with Gasteiger partial charge < -0.3 is 11.5 Å². The summed E-state index contributed by atoms with van der Waals surface area (Å²) in [5.41, 5.74) is 10.7. The van der Waals surface area contributed by atoms with Gasteiger partial charge in [0.05, 0.1) is 0 Å². The van der Waals surface area contributed by atoms with E-state index >= 15 is 0 Å². The average molecular weight is 380 g/mol. The molecule has 4 N–H and O–H groups in total. The Morgan fingerprint density at radius 3 is 1.82 bits per heavy atom. The van der Waals surface area contributed by atoms with Gasteiger partial charge in [0, 0.05) is 0 Å².